The Balaban J connectivity index is 1.01. The van der Waals surface area contributed by atoms with Crippen molar-refractivity contribution in [1.82, 2.24) is 9.80 Å². The number of carbonyl (C=O) groups excluding carboxylic acids is 1. The predicted octanol–water partition coefficient (Wildman–Crippen LogP) is 9.15. The molecule has 228 valence electrons. The maximum absolute atomic E-state index is 13.2. The molecule has 4 saturated carbocycles. The molecule has 0 aromatic heterocycles. The van der Waals surface area contributed by atoms with Crippen molar-refractivity contribution >= 4 is 11.6 Å². The van der Waals surface area contributed by atoms with Crippen LogP contribution in [-0.4, -0.2) is 31.6 Å². The molecule has 1 heterocycles. The number of hydrogen-bond acceptors (Lipinski definition) is 1. The molecule has 1 aromatic carbocycles. The summed E-state index contributed by atoms with van der Waals surface area (Å²) in [5.74, 6) is 5.71. The van der Waals surface area contributed by atoms with Crippen molar-refractivity contribution in [3.63, 3.8) is 0 Å². The Kier molecular flexibility index (Phi) is 8.67. The molecule has 8 atom stereocenters. The maximum atomic E-state index is 13.2. The number of para-hydroxylation sites is 1. The van der Waals surface area contributed by atoms with Crippen molar-refractivity contribution in [2.24, 2.45) is 46.3 Å². The highest BCUT2D eigenvalue weighted by molar-refractivity contribution is 5.76. The number of hydrogen-bond donors (Lipinski definition) is 1. The fraction of sp³-hybridized carbons (Fsp3) is 0.816. The lowest BCUT2D eigenvalue weighted by Gasteiger charge is -2.61. The highest BCUT2D eigenvalue weighted by Crippen LogP contribution is 2.68. The first-order chi connectivity index (χ1) is 19.8. The average molecular weight is 562 g/mol. The molecule has 6 rings (SSSR count). The summed E-state index contributed by atoms with van der Waals surface area (Å²) >= 11 is 0. The van der Waals surface area contributed by atoms with Gasteiger partial charge in [0.1, 0.15) is 5.69 Å². The second kappa shape index (κ2) is 12.0. The van der Waals surface area contributed by atoms with Gasteiger partial charge in [0.05, 0.1) is 19.6 Å². The molecule has 5 fully saturated rings. The van der Waals surface area contributed by atoms with Gasteiger partial charge in [0.25, 0.3) is 0 Å². The predicted molar refractivity (Wildman–Crippen MR) is 173 cm³/mol. The zero-order chi connectivity index (χ0) is 28.7. The van der Waals surface area contributed by atoms with E-state index < -0.39 is 0 Å². The van der Waals surface area contributed by atoms with E-state index in [2.05, 4.69) is 63.3 Å². The van der Waals surface area contributed by atoms with Gasteiger partial charge in [0, 0.05) is 25.3 Å². The second-order valence-electron chi connectivity index (χ2n) is 16.1. The van der Waals surface area contributed by atoms with E-state index in [1.54, 1.807) is 0 Å². The van der Waals surface area contributed by atoms with E-state index in [1.807, 2.05) is 0 Å². The molecule has 5 aliphatic rings. The molecule has 0 spiro atoms. The van der Waals surface area contributed by atoms with E-state index >= 15 is 0 Å². The summed E-state index contributed by atoms with van der Waals surface area (Å²) in [5.41, 5.74) is 2.60. The minimum atomic E-state index is 0.309. The minimum absolute atomic E-state index is 0.309. The van der Waals surface area contributed by atoms with Gasteiger partial charge >= 0.3 is 0 Å². The van der Waals surface area contributed by atoms with Crippen molar-refractivity contribution in [3.8, 4) is 0 Å². The number of nitrogens with one attached hydrogen (secondary N) is 1. The first kappa shape index (κ1) is 29.7. The van der Waals surface area contributed by atoms with Gasteiger partial charge in [-0.05, 0) is 123 Å². The Bertz CT molecular complexity index is 1030. The number of carbonyl (C=O) groups is 1. The molecule has 1 aromatic rings. The molecule has 1 N–H and O–H groups in total. The van der Waals surface area contributed by atoms with Crippen molar-refractivity contribution in [2.45, 2.75) is 130 Å². The molecular weight excluding hydrogens is 500 g/mol. The Hall–Kier alpha value is -1.35. The summed E-state index contributed by atoms with van der Waals surface area (Å²) in [4.78, 5) is 13.2. The third-order valence-electron chi connectivity index (χ3n) is 14.3. The number of nitrogens with zero attached hydrogens (tertiary/aromatic N) is 1. The molecule has 0 radical (unpaired) electrons. The fourth-order valence-corrected chi connectivity index (χ4v) is 12.1. The number of amides is 1. The van der Waals surface area contributed by atoms with Crippen LogP contribution in [0.5, 0.6) is 0 Å². The number of fused-ring (bicyclic) bond motifs is 5. The average Bonchev–Trinajstić information content (AvgIpc) is 3.34. The van der Waals surface area contributed by atoms with Gasteiger partial charge < -0.3 is 5.32 Å². The minimum Gasteiger partial charge on any atom is -0.353 e. The number of piperidine rings is 1. The van der Waals surface area contributed by atoms with Crippen molar-refractivity contribution in [1.29, 1.82) is 0 Å². The number of quaternary nitrogens is 1. The van der Waals surface area contributed by atoms with E-state index in [1.165, 1.54) is 82.9 Å². The van der Waals surface area contributed by atoms with Crippen LogP contribution in [0.4, 0.5) is 5.69 Å². The lowest BCUT2D eigenvalue weighted by atomic mass is 9.44. The smallest absolute Gasteiger partial charge is 0.220 e. The molecule has 1 aliphatic heterocycles. The Morgan fingerprint density at radius 2 is 1.66 bits per heavy atom. The molecular formula is C38H61N2O+. The fourth-order valence-electron chi connectivity index (χ4n) is 12.1. The zero-order valence-corrected chi connectivity index (χ0v) is 27.0. The summed E-state index contributed by atoms with van der Waals surface area (Å²) < 4.78 is 1.09. The van der Waals surface area contributed by atoms with E-state index in [0.29, 0.717) is 35.1 Å². The van der Waals surface area contributed by atoms with Crippen LogP contribution >= 0.6 is 0 Å². The number of likely N-dealkylation sites (tertiary alicyclic amines) is 1. The summed E-state index contributed by atoms with van der Waals surface area (Å²) in [5, 5.41) is 3.48. The van der Waals surface area contributed by atoms with Gasteiger partial charge in [-0.15, -0.1) is 0 Å². The Morgan fingerprint density at radius 3 is 2.41 bits per heavy atom. The lowest BCUT2D eigenvalue weighted by molar-refractivity contribution is -0.123. The summed E-state index contributed by atoms with van der Waals surface area (Å²) in [7, 11) is 0. The number of benzene rings is 1. The van der Waals surface area contributed by atoms with Crippen LogP contribution in [-0.2, 0) is 4.79 Å². The Morgan fingerprint density at radius 1 is 0.902 bits per heavy atom. The Labute approximate surface area is 252 Å². The standard InChI is InChI=1S/C38H60N2O/c1-5-25-40(31-12-7-6-8-13-31)26-21-30(22-27-40)39-36(41)19-14-28(2)33-17-18-34-32-16-15-29-11-9-10-23-37(29,3)35(32)20-24-38(33,34)4/h6-8,12-13,28-30,32-35H,5,9-11,14-27H2,1-4H3/p+1/t28-,29?,30?,32+,33-,34+,35+,37+,38-,40?/m1/s1. The van der Waals surface area contributed by atoms with Crippen molar-refractivity contribution in [3.05, 3.63) is 30.3 Å². The molecule has 0 bridgehead atoms. The van der Waals surface area contributed by atoms with Crippen LogP contribution in [0.25, 0.3) is 0 Å². The summed E-state index contributed by atoms with van der Waals surface area (Å²) in [6.45, 7) is 13.7. The molecule has 1 saturated heterocycles. The second-order valence-corrected chi connectivity index (χ2v) is 16.1. The monoisotopic (exact) mass is 561 g/mol. The largest absolute Gasteiger partial charge is 0.353 e. The third kappa shape index (κ3) is 5.44. The molecule has 3 nitrogen and oxygen atoms in total. The summed E-state index contributed by atoms with van der Waals surface area (Å²) in [6.07, 6.45) is 20.0. The van der Waals surface area contributed by atoms with E-state index in [0.717, 1.165) is 66.4 Å². The van der Waals surface area contributed by atoms with E-state index in [4.69, 9.17) is 0 Å². The van der Waals surface area contributed by atoms with Crippen molar-refractivity contribution < 1.29 is 4.79 Å². The highest BCUT2D eigenvalue weighted by Gasteiger charge is 2.60. The van der Waals surface area contributed by atoms with Gasteiger partial charge in [-0.2, -0.15) is 0 Å². The van der Waals surface area contributed by atoms with Gasteiger partial charge in [0.2, 0.25) is 5.91 Å². The lowest BCUT2D eigenvalue weighted by Crippen LogP contribution is -2.58. The van der Waals surface area contributed by atoms with E-state index in [-0.39, 0.29) is 0 Å². The van der Waals surface area contributed by atoms with Crippen molar-refractivity contribution in [2.75, 3.05) is 19.6 Å². The van der Waals surface area contributed by atoms with Crippen LogP contribution in [0.2, 0.25) is 0 Å². The highest BCUT2D eigenvalue weighted by atomic mass is 16.1. The molecule has 41 heavy (non-hydrogen) atoms. The molecule has 3 heteroatoms. The first-order valence-corrected chi connectivity index (χ1v) is 18.0. The van der Waals surface area contributed by atoms with Gasteiger partial charge in [0.15, 0.2) is 0 Å². The normalized spacial score (nSPS) is 42.9. The summed E-state index contributed by atoms with van der Waals surface area (Å²) in [6, 6.07) is 11.4. The van der Waals surface area contributed by atoms with Crippen LogP contribution in [0.15, 0.2) is 30.3 Å². The first-order valence-electron chi connectivity index (χ1n) is 18.0. The SMILES string of the molecule is CCC[N+]1(c2ccccc2)CCC(NC(=O)CC[C@@H](C)[C@H]2CC[C@H]3[C@@H]4CCC5CCCC[C@]5(C)[C@H]4CC[C@]23C)CC1. The van der Waals surface area contributed by atoms with Crippen LogP contribution in [0.1, 0.15) is 124 Å². The topological polar surface area (TPSA) is 29.1 Å². The maximum Gasteiger partial charge on any atom is 0.220 e. The van der Waals surface area contributed by atoms with Gasteiger partial charge in [-0.1, -0.05) is 58.7 Å². The van der Waals surface area contributed by atoms with Crippen LogP contribution < -0.4 is 9.80 Å². The molecule has 4 aliphatic carbocycles. The number of rotatable bonds is 8. The molecule has 1 amide bonds. The van der Waals surface area contributed by atoms with E-state index in [9.17, 15) is 4.79 Å². The zero-order valence-electron chi connectivity index (χ0n) is 27.0. The van der Waals surface area contributed by atoms with Crippen LogP contribution in [0.3, 0.4) is 0 Å². The van der Waals surface area contributed by atoms with Crippen LogP contribution in [0, 0.1) is 46.3 Å². The quantitative estimate of drug-likeness (QED) is 0.315. The van der Waals surface area contributed by atoms with Gasteiger partial charge in [-0.25, -0.2) is 0 Å². The third-order valence-corrected chi connectivity index (χ3v) is 14.3. The molecule has 1 unspecified atom stereocenters. The van der Waals surface area contributed by atoms with Gasteiger partial charge in [-0.3, -0.25) is 9.28 Å².